The quantitative estimate of drug-likeness (QED) is 0.809. The maximum Gasteiger partial charge on any atom is 0.220 e. The monoisotopic (exact) mass is 306 g/mol. The van der Waals surface area contributed by atoms with E-state index in [0.717, 1.165) is 18.4 Å². The Bertz CT molecular complexity index is 473. The molecule has 0 spiro atoms. The van der Waals surface area contributed by atoms with Gasteiger partial charge in [-0.05, 0) is 36.8 Å². The highest BCUT2D eigenvalue weighted by Crippen LogP contribution is 2.26. The molecule has 2 N–H and O–H groups in total. The van der Waals surface area contributed by atoms with E-state index in [2.05, 4.69) is 10.3 Å². The van der Waals surface area contributed by atoms with Crippen LogP contribution in [0.2, 0.25) is 0 Å². The molecular weight excluding hydrogens is 280 g/mol. The number of carbonyl (C=O) groups is 1. The summed E-state index contributed by atoms with van der Waals surface area (Å²) < 4.78 is 5.11. The Hall–Kier alpha value is -1.62. The molecule has 0 bridgehead atoms. The first-order valence-electron chi connectivity index (χ1n) is 8.11. The zero-order valence-electron chi connectivity index (χ0n) is 13.3. The first-order chi connectivity index (χ1) is 10.7. The number of hydrogen-bond donors (Lipinski definition) is 2. The van der Waals surface area contributed by atoms with Gasteiger partial charge in [0.05, 0.1) is 19.4 Å². The van der Waals surface area contributed by atoms with Gasteiger partial charge in [-0.2, -0.15) is 0 Å². The van der Waals surface area contributed by atoms with Crippen LogP contribution in [0.4, 0.5) is 0 Å². The molecule has 1 aromatic heterocycles. The van der Waals surface area contributed by atoms with E-state index in [4.69, 9.17) is 4.74 Å². The topological polar surface area (TPSA) is 71.5 Å². The van der Waals surface area contributed by atoms with Crippen molar-refractivity contribution in [2.45, 2.75) is 51.0 Å². The van der Waals surface area contributed by atoms with Gasteiger partial charge in [0.15, 0.2) is 0 Å². The Balaban J connectivity index is 1.68. The molecule has 0 radical (unpaired) electrons. The van der Waals surface area contributed by atoms with Crippen molar-refractivity contribution in [3.05, 3.63) is 24.0 Å². The highest BCUT2D eigenvalue weighted by molar-refractivity contribution is 5.76. The molecule has 1 aliphatic carbocycles. The standard InChI is InChI=1S/C17H26N2O3/c1-22-15-9-13(10-18-11-15)7-8-17(21)19-12-16(20)14-5-3-2-4-6-14/h9-11,14,16,20H,2-8,12H2,1H3,(H,19,21). The minimum Gasteiger partial charge on any atom is -0.495 e. The molecule has 0 saturated heterocycles. The van der Waals surface area contributed by atoms with Gasteiger partial charge in [0.25, 0.3) is 0 Å². The number of rotatable bonds is 7. The van der Waals surface area contributed by atoms with Gasteiger partial charge in [-0.3, -0.25) is 9.78 Å². The number of amides is 1. The molecule has 0 aromatic carbocycles. The molecule has 1 fully saturated rings. The number of aliphatic hydroxyl groups is 1. The molecule has 1 aromatic rings. The fourth-order valence-electron chi connectivity index (χ4n) is 2.96. The first-order valence-corrected chi connectivity index (χ1v) is 8.11. The highest BCUT2D eigenvalue weighted by Gasteiger charge is 2.21. The van der Waals surface area contributed by atoms with E-state index in [-0.39, 0.29) is 5.91 Å². The number of aryl methyl sites for hydroxylation is 1. The lowest BCUT2D eigenvalue weighted by Gasteiger charge is -2.26. The van der Waals surface area contributed by atoms with Crippen LogP contribution >= 0.6 is 0 Å². The van der Waals surface area contributed by atoms with Gasteiger partial charge in [-0.15, -0.1) is 0 Å². The smallest absolute Gasteiger partial charge is 0.220 e. The zero-order valence-corrected chi connectivity index (χ0v) is 13.3. The fraction of sp³-hybridized carbons (Fsp3) is 0.647. The van der Waals surface area contributed by atoms with Gasteiger partial charge in [-0.25, -0.2) is 0 Å². The number of aromatic nitrogens is 1. The van der Waals surface area contributed by atoms with Crippen molar-refractivity contribution in [3.8, 4) is 5.75 Å². The molecule has 2 rings (SSSR count). The first kappa shape index (κ1) is 16.7. The Morgan fingerprint density at radius 3 is 2.91 bits per heavy atom. The predicted octanol–water partition coefficient (Wildman–Crippen LogP) is 2.08. The summed E-state index contributed by atoms with van der Waals surface area (Å²) in [7, 11) is 1.60. The Morgan fingerprint density at radius 2 is 2.18 bits per heavy atom. The third-order valence-corrected chi connectivity index (χ3v) is 4.35. The van der Waals surface area contributed by atoms with E-state index in [1.54, 1.807) is 19.5 Å². The van der Waals surface area contributed by atoms with E-state index < -0.39 is 6.10 Å². The van der Waals surface area contributed by atoms with Gasteiger partial charge >= 0.3 is 0 Å². The van der Waals surface area contributed by atoms with Gasteiger partial charge < -0.3 is 15.2 Å². The number of aliphatic hydroxyl groups excluding tert-OH is 1. The van der Waals surface area contributed by atoms with Gasteiger partial charge in [0.2, 0.25) is 5.91 Å². The van der Waals surface area contributed by atoms with Crippen molar-refractivity contribution >= 4 is 5.91 Å². The van der Waals surface area contributed by atoms with Crippen LogP contribution in [-0.2, 0) is 11.2 Å². The Labute approximate surface area is 132 Å². The third kappa shape index (κ3) is 5.30. The van der Waals surface area contributed by atoms with E-state index in [0.29, 0.717) is 31.1 Å². The SMILES string of the molecule is COc1cncc(CCC(=O)NCC(O)C2CCCCC2)c1. The molecule has 1 saturated carbocycles. The van der Waals surface area contributed by atoms with Crippen molar-refractivity contribution in [2.75, 3.05) is 13.7 Å². The second kappa shape index (κ2) is 8.73. The minimum atomic E-state index is -0.414. The number of carbonyl (C=O) groups excluding carboxylic acids is 1. The van der Waals surface area contributed by atoms with Crippen molar-refractivity contribution in [2.24, 2.45) is 5.92 Å². The van der Waals surface area contributed by atoms with Crippen LogP contribution in [0.1, 0.15) is 44.1 Å². The molecule has 1 aliphatic rings. The molecule has 1 amide bonds. The summed E-state index contributed by atoms with van der Waals surface area (Å²) in [4.78, 5) is 16.0. The van der Waals surface area contributed by atoms with Crippen LogP contribution in [-0.4, -0.2) is 35.8 Å². The van der Waals surface area contributed by atoms with Crippen molar-refractivity contribution in [3.63, 3.8) is 0 Å². The number of methoxy groups -OCH3 is 1. The van der Waals surface area contributed by atoms with Crippen LogP contribution in [0.25, 0.3) is 0 Å². The molecule has 5 nitrogen and oxygen atoms in total. The zero-order chi connectivity index (χ0) is 15.8. The van der Waals surface area contributed by atoms with E-state index in [1.165, 1.54) is 19.3 Å². The van der Waals surface area contributed by atoms with Gasteiger partial charge in [0, 0.05) is 19.2 Å². The van der Waals surface area contributed by atoms with Crippen LogP contribution in [0, 0.1) is 5.92 Å². The molecule has 1 heterocycles. The Morgan fingerprint density at radius 1 is 1.41 bits per heavy atom. The minimum absolute atomic E-state index is 0.0299. The third-order valence-electron chi connectivity index (χ3n) is 4.35. The summed E-state index contributed by atoms with van der Waals surface area (Å²) in [6.07, 6.45) is 9.79. The predicted molar refractivity (Wildman–Crippen MR) is 84.7 cm³/mol. The summed E-state index contributed by atoms with van der Waals surface area (Å²) in [5, 5.41) is 13.0. The number of pyridine rings is 1. The van der Waals surface area contributed by atoms with E-state index >= 15 is 0 Å². The van der Waals surface area contributed by atoms with Crippen LogP contribution in [0.3, 0.4) is 0 Å². The van der Waals surface area contributed by atoms with Crippen LogP contribution in [0.5, 0.6) is 5.75 Å². The summed E-state index contributed by atoms with van der Waals surface area (Å²) in [6.45, 7) is 0.361. The molecule has 1 atom stereocenters. The summed E-state index contributed by atoms with van der Waals surface area (Å²) in [6, 6.07) is 1.89. The second-order valence-electron chi connectivity index (χ2n) is 6.00. The maximum absolute atomic E-state index is 11.9. The lowest BCUT2D eigenvalue weighted by atomic mass is 9.85. The van der Waals surface area contributed by atoms with Gasteiger partial charge in [-0.1, -0.05) is 19.3 Å². The normalized spacial score (nSPS) is 17.0. The van der Waals surface area contributed by atoms with Crippen LogP contribution in [0.15, 0.2) is 18.5 Å². The number of nitrogens with one attached hydrogen (secondary N) is 1. The lowest BCUT2D eigenvalue weighted by Crippen LogP contribution is -2.37. The van der Waals surface area contributed by atoms with Gasteiger partial charge in [0.1, 0.15) is 5.75 Å². The average molecular weight is 306 g/mol. The molecule has 5 heteroatoms. The number of ether oxygens (including phenoxy) is 1. The molecule has 22 heavy (non-hydrogen) atoms. The summed E-state index contributed by atoms with van der Waals surface area (Å²) in [5.41, 5.74) is 0.974. The largest absolute Gasteiger partial charge is 0.495 e. The summed E-state index contributed by atoms with van der Waals surface area (Å²) >= 11 is 0. The molecule has 1 unspecified atom stereocenters. The summed E-state index contributed by atoms with van der Waals surface area (Å²) in [5.74, 6) is 1.01. The fourth-order valence-corrected chi connectivity index (χ4v) is 2.96. The van der Waals surface area contributed by atoms with Crippen LogP contribution < -0.4 is 10.1 Å². The average Bonchev–Trinajstić information content (AvgIpc) is 2.58. The van der Waals surface area contributed by atoms with E-state index in [1.807, 2.05) is 6.07 Å². The van der Waals surface area contributed by atoms with Crippen molar-refractivity contribution < 1.29 is 14.6 Å². The Kier molecular flexibility index (Phi) is 6.65. The molecular formula is C17H26N2O3. The second-order valence-corrected chi connectivity index (χ2v) is 6.00. The lowest BCUT2D eigenvalue weighted by molar-refractivity contribution is -0.121. The number of hydrogen-bond acceptors (Lipinski definition) is 4. The molecule has 0 aliphatic heterocycles. The number of nitrogens with zero attached hydrogens (tertiary/aromatic N) is 1. The maximum atomic E-state index is 11.9. The molecule has 122 valence electrons. The van der Waals surface area contributed by atoms with Crippen molar-refractivity contribution in [1.29, 1.82) is 0 Å². The highest BCUT2D eigenvalue weighted by atomic mass is 16.5. The van der Waals surface area contributed by atoms with E-state index in [9.17, 15) is 9.90 Å². The van der Waals surface area contributed by atoms with Crippen molar-refractivity contribution in [1.82, 2.24) is 10.3 Å².